The number of amides is 2. The van der Waals surface area contributed by atoms with Crippen molar-refractivity contribution in [2.45, 2.75) is 20.8 Å². The Morgan fingerprint density at radius 2 is 1.64 bits per heavy atom. The van der Waals surface area contributed by atoms with E-state index in [9.17, 15) is 9.59 Å². The number of hydrogen-bond donors (Lipinski definition) is 2. The molecule has 0 heterocycles. The van der Waals surface area contributed by atoms with Crippen LogP contribution in [0.15, 0.2) is 24.3 Å². The zero-order valence-corrected chi connectivity index (χ0v) is 14.2. The molecule has 0 bridgehead atoms. The molecule has 0 saturated heterocycles. The van der Waals surface area contributed by atoms with Crippen LogP contribution in [0.3, 0.4) is 0 Å². The number of nitrogens with zero attached hydrogens (tertiary/aromatic N) is 1. The summed E-state index contributed by atoms with van der Waals surface area (Å²) in [5, 5.41) is 5.90. The summed E-state index contributed by atoms with van der Waals surface area (Å²) in [5.41, 5.74) is 1.20. The molecule has 0 saturated carbocycles. The molecule has 0 fully saturated rings. The van der Waals surface area contributed by atoms with Gasteiger partial charge in [0.2, 0.25) is 0 Å². The summed E-state index contributed by atoms with van der Waals surface area (Å²) < 4.78 is 0. The summed E-state index contributed by atoms with van der Waals surface area (Å²) in [7, 11) is 3.62. The molecule has 0 radical (unpaired) electrons. The Balaban J connectivity index is 2.66. The minimum atomic E-state index is -0.113. The molecule has 0 aliphatic heterocycles. The lowest BCUT2D eigenvalue weighted by Crippen LogP contribution is -2.33. The van der Waals surface area contributed by atoms with Gasteiger partial charge in [0, 0.05) is 37.8 Å². The first-order valence-electron chi connectivity index (χ1n) is 7.53. The number of carbonyl (C=O) groups excluding carboxylic acids is 2. The Labute approximate surface area is 133 Å². The molecule has 122 valence electrons. The highest BCUT2D eigenvalue weighted by Crippen LogP contribution is 2.11. The van der Waals surface area contributed by atoms with Gasteiger partial charge >= 0.3 is 0 Å². The zero-order valence-electron chi connectivity index (χ0n) is 14.2. The molecule has 5 heteroatoms. The quantitative estimate of drug-likeness (QED) is 0.842. The molecular formula is C17H27N3O2. The Bertz CT molecular complexity index is 504. The van der Waals surface area contributed by atoms with E-state index in [0.717, 1.165) is 6.54 Å². The fourth-order valence-corrected chi connectivity index (χ4v) is 1.81. The Morgan fingerprint density at radius 3 is 2.14 bits per heavy atom. The van der Waals surface area contributed by atoms with Crippen molar-refractivity contribution in [3.63, 3.8) is 0 Å². The van der Waals surface area contributed by atoms with Crippen LogP contribution in [0.5, 0.6) is 0 Å². The Morgan fingerprint density at radius 1 is 1.09 bits per heavy atom. The van der Waals surface area contributed by atoms with Gasteiger partial charge in [0.25, 0.3) is 11.8 Å². The van der Waals surface area contributed by atoms with Crippen molar-refractivity contribution >= 4 is 11.8 Å². The van der Waals surface area contributed by atoms with Crippen LogP contribution in [-0.4, -0.2) is 50.4 Å². The van der Waals surface area contributed by atoms with Gasteiger partial charge in [0.05, 0.1) is 0 Å². The lowest BCUT2D eigenvalue weighted by molar-refractivity contribution is 0.0796. The molecule has 0 aromatic heterocycles. The molecule has 2 N–H and O–H groups in total. The lowest BCUT2D eigenvalue weighted by Gasteiger charge is -2.19. The normalized spacial score (nSPS) is 11.1. The van der Waals surface area contributed by atoms with Gasteiger partial charge in [-0.3, -0.25) is 9.59 Å². The van der Waals surface area contributed by atoms with E-state index in [1.165, 1.54) is 0 Å². The SMILES string of the molecule is CNCCN(C)C(=O)c1ccc(C(=O)NCC(C)(C)C)cc1. The molecule has 1 aromatic carbocycles. The van der Waals surface area contributed by atoms with Gasteiger partial charge < -0.3 is 15.5 Å². The second-order valence-corrected chi connectivity index (χ2v) is 6.65. The van der Waals surface area contributed by atoms with Crippen molar-refractivity contribution in [1.29, 1.82) is 0 Å². The van der Waals surface area contributed by atoms with E-state index in [2.05, 4.69) is 31.4 Å². The molecule has 0 unspecified atom stereocenters. The molecule has 0 aliphatic carbocycles. The first-order chi connectivity index (χ1) is 10.2. The van der Waals surface area contributed by atoms with E-state index in [0.29, 0.717) is 24.2 Å². The van der Waals surface area contributed by atoms with Crippen molar-refractivity contribution in [2.75, 3.05) is 33.7 Å². The van der Waals surface area contributed by atoms with Crippen LogP contribution < -0.4 is 10.6 Å². The van der Waals surface area contributed by atoms with Gasteiger partial charge in [0.1, 0.15) is 0 Å². The predicted octanol–water partition coefficient (Wildman–Crippen LogP) is 1.75. The lowest BCUT2D eigenvalue weighted by atomic mass is 9.97. The van der Waals surface area contributed by atoms with Gasteiger partial charge in [-0.1, -0.05) is 20.8 Å². The van der Waals surface area contributed by atoms with E-state index in [4.69, 9.17) is 0 Å². The standard InChI is InChI=1S/C17H27N3O2/c1-17(2,3)12-19-15(21)13-6-8-14(9-7-13)16(22)20(5)11-10-18-4/h6-9,18H,10-12H2,1-5H3,(H,19,21). The second-order valence-electron chi connectivity index (χ2n) is 6.65. The fraction of sp³-hybridized carbons (Fsp3) is 0.529. The van der Waals surface area contributed by atoms with Crippen molar-refractivity contribution in [1.82, 2.24) is 15.5 Å². The van der Waals surface area contributed by atoms with E-state index < -0.39 is 0 Å². The maximum Gasteiger partial charge on any atom is 0.253 e. The maximum absolute atomic E-state index is 12.2. The van der Waals surface area contributed by atoms with Crippen LogP contribution in [0, 0.1) is 5.41 Å². The van der Waals surface area contributed by atoms with Crippen molar-refractivity contribution in [3.05, 3.63) is 35.4 Å². The monoisotopic (exact) mass is 305 g/mol. The first-order valence-corrected chi connectivity index (χ1v) is 7.53. The Kier molecular flexibility index (Phi) is 6.56. The summed E-state index contributed by atoms with van der Waals surface area (Å²) in [5.74, 6) is -0.158. The molecule has 0 spiro atoms. The number of hydrogen-bond acceptors (Lipinski definition) is 3. The largest absolute Gasteiger partial charge is 0.352 e. The zero-order chi connectivity index (χ0) is 16.8. The summed E-state index contributed by atoms with van der Waals surface area (Å²) in [4.78, 5) is 25.9. The molecule has 0 aliphatic rings. The minimum Gasteiger partial charge on any atom is -0.352 e. The maximum atomic E-state index is 12.2. The number of benzene rings is 1. The van der Waals surface area contributed by atoms with Gasteiger partial charge in [-0.05, 0) is 36.7 Å². The third-order valence-electron chi connectivity index (χ3n) is 3.22. The van der Waals surface area contributed by atoms with E-state index in [-0.39, 0.29) is 17.2 Å². The fourth-order valence-electron chi connectivity index (χ4n) is 1.81. The van der Waals surface area contributed by atoms with Crippen molar-refractivity contribution < 1.29 is 9.59 Å². The average molecular weight is 305 g/mol. The summed E-state index contributed by atoms with van der Waals surface area (Å²) in [6.45, 7) is 8.19. The van der Waals surface area contributed by atoms with Crippen molar-refractivity contribution in [3.8, 4) is 0 Å². The van der Waals surface area contributed by atoms with Gasteiger partial charge in [-0.25, -0.2) is 0 Å². The molecule has 1 aromatic rings. The van der Waals surface area contributed by atoms with Crippen LogP contribution in [-0.2, 0) is 0 Å². The molecule has 2 amide bonds. The summed E-state index contributed by atoms with van der Waals surface area (Å²) in [6, 6.07) is 6.78. The second kappa shape index (κ2) is 7.94. The van der Waals surface area contributed by atoms with Gasteiger partial charge in [-0.2, -0.15) is 0 Å². The average Bonchev–Trinajstić information content (AvgIpc) is 2.49. The molecule has 5 nitrogen and oxygen atoms in total. The predicted molar refractivity (Wildman–Crippen MR) is 89.1 cm³/mol. The van der Waals surface area contributed by atoms with E-state index in [1.54, 1.807) is 36.2 Å². The van der Waals surface area contributed by atoms with Crippen LogP contribution in [0.2, 0.25) is 0 Å². The molecule has 1 rings (SSSR count). The highest BCUT2D eigenvalue weighted by atomic mass is 16.2. The highest BCUT2D eigenvalue weighted by Gasteiger charge is 2.15. The highest BCUT2D eigenvalue weighted by molar-refractivity contribution is 5.97. The first kappa shape index (κ1) is 18.2. The molecular weight excluding hydrogens is 278 g/mol. The third-order valence-corrected chi connectivity index (χ3v) is 3.22. The molecule has 0 atom stereocenters. The number of carbonyl (C=O) groups is 2. The smallest absolute Gasteiger partial charge is 0.253 e. The minimum absolute atomic E-state index is 0.0432. The van der Waals surface area contributed by atoms with Gasteiger partial charge in [0.15, 0.2) is 0 Å². The van der Waals surface area contributed by atoms with E-state index in [1.807, 2.05) is 7.05 Å². The Hall–Kier alpha value is -1.88. The number of nitrogens with one attached hydrogen (secondary N) is 2. The van der Waals surface area contributed by atoms with Crippen LogP contribution in [0.1, 0.15) is 41.5 Å². The van der Waals surface area contributed by atoms with Crippen molar-refractivity contribution in [2.24, 2.45) is 5.41 Å². The van der Waals surface area contributed by atoms with Crippen LogP contribution in [0.25, 0.3) is 0 Å². The van der Waals surface area contributed by atoms with Gasteiger partial charge in [-0.15, -0.1) is 0 Å². The van der Waals surface area contributed by atoms with Crippen LogP contribution >= 0.6 is 0 Å². The topological polar surface area (TPSA) is 61.4 Å². The molecule has 22 heavy (non-hydrogen) atoms. The summed E-state index contributed by atoms with van der Waals surface area (Å²) >= 11 is 0. The van der Waals surface area contributed by atoms with Crippen LogP contribution in [0.4, 0.5) is 0 Å². The summed E-state index contributed by atoms with van der Waals surface area (Å²) in [6.07, 6.45) is 0. The van der Waals surface area contributed by atoms with E-state index >= 15 is 0 Å². The number of likely N-dealkylation sites (N-methyl/N-ethyl adjacent to an activating group) is 2. The third kappa shape index (κ3) is 5.85. The number of rotatable bonds is 6.